The zero-order chi connectivity index (χ0) is 15.4. The van der Waals surface area contributed by atoms with Gasteiger partial charge in [-0.3, -0.25) is 4.79 Å². The molecule has 0 saturated carbocycles. The Kier molecular flexibility index (Phi) is 5.17. The highest BCUT2D eigenvalue weighted by Gasteiger charge is 2.36. The van der Waals surface area contributed by atoms with E-state index in [1.807, 2.05) is 38.1 Å². The second-order valence-corrected chi connectivity index (χ2v) is 6.04. The molecule has 0 saturated heterocycles. The van der Waals surface area contributed by atoms with Gasteiger partial charge in [0.05, 0.1) is 18.2 Å². The third-order valence-electron chi connectivity index (χ3n) is 3.80. The fraction of sp³-hybridized carbons (Fsp3) is 0.562. The molecule has 0 bridgehead atoms. The summed E-state index contributed by atoms with van der Waals surface area (Å²) in [4.78, 5) is 12.0. The third kappa shape index (κ3) is 4.23. The van der Waals surface area contributed by atoms with Gasteiger partial charge in [0.25, 0.3) is 0 Å². The van der Waals surface area contributed by atoms with E-state index >= 15 is 0 Å². The van der Waals surface area contributed by atoms with E-state index in [-0.39, 0.29) is 5.91 Å². The number of benzene rings is 1. The lowest BCUT2D eigenvalue weighted by molar-refractivity contribution is -0.126. The van der Waals surface area contributed by atoms with E-state index in [9.17, 15) is 9.90 Å². The number of aryl methyl sites for hydroxylation is 1. The van der Waals surface area contributed by atoms with Gasteiger partial charge in [0.1, 0.15) is 5.75 Å². The minimum absolute atomic E-state index is 0.0805. The fourth-order valence-electron chi connectivity index (χ4n) is 1.72. The average Bonchev–Trinajstić information content (AvgIpc) is 2.34. The Morgan fingerprint density at radius 3 is 2.40 bits per heavy atom. The zero-order valence-electron chi connectivity index (χ0n) is 13.0. The molecule has 0 aliphatic heterocycles. The summed E-state index contributed by atoms with van der Waals surface area (Å²) in [6.07, 6.45) is 0.970. The minimum atomic E-state index is -0.979. The van der Waals surface area contributed by atoms with Crippen molar-refractivity contribution in [2.75, 3.05) is 7.11 Å². The SMILES string of the molecule is COc1ccccc1CCC(=O)NC(C)(C)C(C)(C)O. The smallest absolute Gasteiger partial charge is 0.220 e. The van der Waals surface area contributed by atoms with Crippen LogP contribution in [0.25, 0.3) is 0 Å². The highest BCUT2D eigenvalue weighted by atomic mass is 16.5. The summed E-state index contributed by atoms with van der Waals surface area (Å²) < 4.78 is 5.26. The van der Waals surface area contributed by atoms with E-state index in [1.165, 1.54) is 0 Å². The maximum absolute atomic E-state index is 12.0. The van der Waals surface area contributed by atoms with Crippen molar-refractivity contribution in [1.29, 1.82) is 0 Å². The van der Waals surface area contributed by atoms with Crippen molar-refractivity contribution in [2.45, 2.75) is 51.7 Å². The molecule has 0 aliphatic carbocycles. The molecule has 1 aromatic carbocycles. The lowest BCUT2D eigenvalue weighted by atomic mass is 9.86. The fourth-order valence-corrected chi connectivity index (χ4v) is 1.72. The molecule has 4 heteroatoms. The van der Waals surface area contributed by atoms with Crippen LogP contribution in [0.15, 0.2) is 24.3 Å². The third-order valence-corrected chi connectivity index (χ3v) is 3.80. The molecule has 1 rings (SSSR count). The topological polar surface area (TPSA) is 58.6 Å². The van der Waals surface area contributed by atoms with Crippen molar-refractivity contribution in [2.24, 2.45) is 0 Å². The molecule has 0 atom stereocenters. The first kappa shape index (κ1) is 16.5. The van der Waals surface area contributed by atoms with Gasteiger partial charge in [-0.05, 0) is 45.7 Å². The first-order valence-electron chi connectivity index (χ1n) is 6.82. The monoisotopic (exact) mass is 279 g/mol. The predicted molar refractivity (Wildman–Crippen MR) is 79.8 cm³/mol. The molecule has 2 N–H and O–H groups in total. The van der Waals surface area contributed by atoms with Crippen LogP contribution >= 0.6 is 0 Å². The van der Waals surface area contributed by atoms with Crippen LogP contribution in [0.1, 0.15) is 39.7 Å². The molecule has 4 nitrogen and oxygen atoms in total. The summed E-state index contributed by atoms with van der Waals surface area (Å²) in [6, 6.07) is 7.66. The molecule has 112 valence electrons. The number of para-hydroxylation sites is 1. The molecule has 1 amide bonds. The van der Waals surface area contributed by atoms with Crippen LogP contribution in [-0.2, 0) is 11.2 Å². The van der Waals surface area contributed by atoms with Gasteiger partial charge in [-0.2, -0.15) is 0 Å². The van der Waals surface area contributed by atoms with Gasteiger partial charge in [0.2, 0.25) is 5.91 Å². The molecular formula is C16H25NO3. The Balaban J connectivity index is 2.60. The van der Waals surface area contributed by atoms with Crippen LogP contribution in [0, 0.1) is 0 Å². The van der Waals surface area contributed by atoms with Crippen molar-refractivity contribution in [3.63, 3.8) is 0 Å². The molecule has 20 heavy (non-hydrogen) atoms. The standard InChI is InChI=1S/C16H25NO3/c1-15(2,16(3,4)19)17-14(18)11-10-12-8-6-7-9-13(12)20-5/h6-9,19H,10-11H2,1-5H3,(H,17,18). The second-order valence-electron chi connectivity index (χ2n) is 6.04. The van der Waals surface area contributed by atoms with Crippen molar-refractivity contribution in [1.82, 2.24) is 5.32 Å². The number of aliphatic hydroxyl groups is 1. The van der Waals surface area contributed by atoms with E-state index in [2.05, 4.69) is 5.32 Å². The quantitative estimate of drug-likeness (QED) is 0.840. The lowest BCUT2D eigenvalue weighted by Gasteiger charge is -2.38. The van der Waals surface area contributed by atoms with Crippen LogP contribution < -0.4 is 10.1 Å². The Labute approximate surface area is 121 Å². The van der Waals surface area contributed by atoms with E-state index in [4.69, 9.17) is 4.74 Å². The van der Waals surface area contributed by atoms with Gasteiger partial charge < -0.3 is 15.2 Å². The Morgan fingerprint density at radius 2 is 1.85 bits per heavy atom. The van der Waals surface area contributed by atoms with Crippen molar-refractivity contribution < 1.29 is 14.6 Å². The van der Waals surface area contributed by atoms with E-state index in [0.717, 1.165) is 11.3 Å². The number of ether oxygens (including phenoxy) is 1. The predicted octanol–water partition coefficient (Wildman–Crippen LogP) is 2.29. The second kappa shape index (κ2) is 6.27. The van der Waals surface area contributed by atoms with Gasteiger partial charge in [0.15, 0.2) is 0 Å². The Bertz CT molecular complexity index is 461. The maximum atomic E-state index is 12.0. The summed E-state index contributed by atoms with van der Waals surface area (Å²) in [7, 11) is 1.62. The van der Waals surface area contributed by atoms with E-state index < -0.39 is 11.1 Å². The number of carbonyl (C=O) groups is 1. The molecule has 0 fully saturated rings. The van der Waals surface area contributed by atoms with Gasteiger partial charge in [-0.1, -0.05) is 18.2 Å². The number of rotatable bonds is 6. The van der Waals surface area contributed by atoms with E-state index in [0.29, 0.717) is 12.8 Å². The number of nitrogens with one attached hydrogen (secondary N) is 1. The van der Waals surface area contributed by atoms with E-state index in [1.54, 1.807) is 21.0 Å². The van der Waals surface area contributed by atoms with Crippen LogP contribution in [0.3, 0.4) is 0 Å². The van der Waals surface area contributed by atoms with Crippen LogP contribution in [0.4, 0.5) is 0 Å². The molecule has 0 unspecified atom stereocenters. The highest BCUT2D eigenvalue weighted by Crippen LogP contribution is 2.22. The molecular weight excluding hydrogens is 254 g/mol. The summed E-state index contributed by atoms with van der Waals surface area (Å²) in [6.45, 7) is 7.00. The first-order valence-corrected chi connectivity index (χ1v) is 6.82. The normalized spacial score (nSPS) is 12.1. The van der Waals surface area contributed by atoms with Gasteiger partial charge in [-0.15, -0.1) is 0 Å². The zero-order valence-corrected chi connectivity index (χ0v) is 13.0. The number of hydrogen-bond donors (Lipinski definition) is 2. The van der Waals surface area contributed by atoms with Crippen molar-refractivity contribution in [3.05, 3.63) is 29.8 Å². The summed E-state index contributed by atoms with van der Waals surface area (Å²) in [5.74, 6) is 0.713. The maximum Gasteiger partial charge on any atom is 0.220 e. The molecule has 0 aromatic heterocycles. The van der Waals surface area contributed by atoms with Crippen LogP contribution in [0.2, 0.25) is 0 Å². The van der Waals surface area contributed by atoms with Crippen molar-refractivity contribution in [3.8, 4) is 5.75 Å². The molecule has 0 spiro atoms. The Hall–Kier alpha value is -1.55. The summed E-state index contributed by atoms with van der Waals surface area (Å²) in [5.41, 5.74) is -0.649. The summed E-state index contributed by atoms with van der Waals surface area (Å²) in [5, 5.41) is 12.9. The van der Waals surface area contributed by atoms with Crippen LogP contribution in [-0.4, -0.2) is 29.3 Å². The number of methoxy groups -OCH3 is 1. The van der Waals surface area contributed by atoms with Gasteiger partial charge in [0, 0.05) is 6.42 Å². The lowest BCUT2D eigenvalue weighted by Crippen LogP contribution is -2.57. The number of hydrogen-bond acceptors (Lipinski definition) is 3. The summed E-state index contributed by atoms with van der Waals surface area (Å²) >= 11 is 0. The molecule has 0 aliphatic rings. The minimum Gasteiger partial charge on any atom is -0.496 e. The molecule has 0 radical (unpaired) electrons. The first-order chi connectivity index (χ1) is 9.17. The Morgan fingerprint density at radius 1 is 1.25 bits per heavy atom. The largest absolute Gasteiger partial charge is 0.496 e. The van der Waals surface area contributed by atoms with Crippen molar-refractivity contribution >= 4 is 5.91 Å². The molecule has 0 heterocycles. The number of amides is 1. The van der Waals surface area contributed by atoms with Gasteiger partial charge >= 0.3 is 0 Å². The highest BCUT2D eigenvalue weighted by molar-refractivity contribution is 5.77. The van der Waals surface area contributed by atoms with Gasteiger partial charge in [-0.25, -0.2) is 0 Å². The van der Waals surface area contributed by atoms with Crippen LogP contribution in [0.5, 0.6) is 5.75 Å². The average molecular weight is 279 g/mol. The number of carbonyl (C=O) groups excluding carboxylic acids is 1. The molecule has 1 aromatic rings.